The molecule has 1 saturated heterocycles. The minimum absolute atomic E-state index is 0.00549. The summed E-state index contributed by atoms with van der Waals surface area (Å²) >= 11 is 0. The molecular formula is C24H32N2O. The molecule has 1 N–H and O–H groups in total. The van der Waals surface area contributed by atoms with Gasteiger partial charge >= 0.3 is 0 Å². The number of piperidine rings is 1. The molecule has 3 rings (SSSR count). The Balaban J connectivity index is 1.56. The van der Waals surface area contributed by atoms with Gasteiger partial charge < -0.3 is 5.32 Å². The van der Waals surface area contributed by atoms with Crippen molar-refractivity contribution < 1.29 is 4.79 Å². The Bertz CT molecular complexity index is 737. The van der Waals surface area contributed by atoms with Crippen molar-refractivity contribution in [3.05, 3.63) is 71.3 Å². The van der Waals surface area contributed by atoms with Gasteiger partial charge in [0.05, 0.1) is 0 Å². The first-order chi connectivity index (χ1) is 12.9. The highest BCUT2D eigenvalue weighted by molar-refractivity contribution is 5.94. The van der Waals surface area contributed by atoms with Crippen LogP contribution in [0, 0.1) is 5.92 Å². The Morgan fingerprint density at radius 1 is 1.07 bits per heavy atom. The predicted molar refractivity (Wildman–Crippen MR) is 112 cm³/mol. The van der Waals surface area contributed by atoms with Crippen LogP contribution in [0.15, 0.2) is 54.6 Å². The number of nitrogens with one attached hydrogen (secondary N) is 1. The number of hydrogen-bond acceptors (Lipinski definition) is 2. The molecule has 2 aromatic carbocycles. The summed E-state index contributed by atoms with van der Waals surface area (Å²) in [6.07, 6.45) is 3.44. The fraction of sp³-hybridized carbons (Fsp3) is 0.458. The fourth-order valence-corrected chi connectivity index (χ4v) is 3.98. The van der Waals surface area contributed by atoms with Crippen molar-refractivity contribution in [3.63, 3.8) is 0 Å². The Hall–Kier alpha value is -2.13. The highest BCUT2D eigenvalue weighted by atomic mass is 16.1. The van der Waals surface area contributed by atoms with Gasteiger partial charge in [-0.1, -0.05) is 49.4 Å². The first kappa shape index (κ1) is 19.6. The molecule has 0 spiro atoms. The topological polar surface area (TPSA) is 32.3 Å². The van der Waals surface area contributed by atoms with Crippen LogP contribution < -0.4 is 5.32 Å². The number of carbonyl (C=O) groups is 1. The third kappa shape index (κ3) is 5.93. The van der Waals surface area contributed by atoms with E-state index in [9.17, 15) is 4.79 Å². The van der Waals surface area contributed by atoms with E-state index in [0.29, 0.717) is 0 Å². The lowest BCUT2D eigenvalue weighted by Crippen LogP contribution is -2.45. The van der Waals surface area contributed by atoms with Crippen LogP contribution in [0.3, 0.4) is 0 Å². The van der Waals surface area contributed by atoms with Crippen molar-refractivity contribution >= 4 is 5.91 Å². The van der Waals surface area contributed by atoms with Gasteiger partial charge in [-0.2, -0.15) is 0 Å². The molecule has 0 aromatic heterocycles. The highest BCUT2D eigenvalue weighted by Gasteiger charge is 2.22. The number of nitrogens with zero attached hydrogens (tertiary/aromatic N) is 1. The Kier molecular flexibility index (Phi) is 6.33. The molecule has 3 nitrogen and oxygen atoms in total. The largest absolute Gasteiger partial charge is 0.347 e. The minimum Gasteiger partial charge on any atom is -0.347 e. The zero-order valence-corrected chi connectivity index (χ0v) is 16.9. The number of likely N-dealkylation sites (tertiary alicyclic amines) is 1. The molecule has 0 bridgehead atoms. The van der Waals surface area contributed by atoms with Crippen molar-refractivity contribution in [2.45, 2.75) is 52.1 Å². The molecule has 3 heteroatoms. The summed E-state index contributed by atoms with van der Waals surface area (Å²) in [4.78, 5) is 15.2. The summed E-state index contributed by atoms with van der Waals surface area (Å²) in [5, 5.41) is 3.18. The van der Waals surface area contributed by atoms with Gasteiger partial charge in [-0.05, 0) is 68.8 Å². The highest BCUT2D eigenvalue weighted by Crippen LogP contribution is 2.18. The number of amides is 1. The van der Waals surface area contributed by atoms with Gasteiger partial charge in [0, 0.05) is 24.2 Å². The van der Waals surface area contributed by atoms with Crippen molar-refractivity contribution in [1.82, 2.24) is 10.2 Å². The maximum Gasteiger partial charge on any atom is 0.251 e. The summed E-state index contributed by atoms with van der Waals surface area (Å²) in [7, 11) is 0. The molecule has 1 fully saturated rings. The average molecular weight is 365 g/mol. The van der Waals surface area contributed by atoms with Gasteiger partial charge in [0.25, 0.3) is 5.91 Å². The molecule has 27 heavy (non-hydrogen) atoms. The number of carbonyl (C=O) groups excluding carboxylic acids is 1. The molecule has 1 atom stereocenters. The Morgan fingerprint density at radius 2 is 1.78 bits per heavy atom. The monoisotopic (exact) mass is 364 g/mol. The molecule has 1 aliphatic rings. The van der Waals surface area contributed by atoms with Crippen molar-refractivity contribution in [1.29, 1.82) is 0 Å². The van der Waals surface area contributed by atoms with Crippen LogP contribution in [0.25, 0.3) is 0 Å². The second kappa shape index (κ2) is 8.71. The van der Waals surface area contributed by atoms with Crippen LogP contribution in [-0.2, 0) is 13.0 Å². The van der Waals surface area contributed by atoms with E-state index < -0.39 is 0 Å². The summed E-state index contributed by atoms with van der Waals surface area (Å²) in [5.41, 5.74) is 2.95. The molecule has 0 radical (unpaired) electrons. The first-order valence-electron chi connectivity index (χ1n) is 10.1. The van der Waals surface area contributed by atoms with Gasteiger partial charge in [0.2, 0.25) is 0 Å². The molecule has 2 aromatic rings. The van der Waals surface area contributed by atoms with Crippen LogP contribution in [0.4, 0.5) is 0 Å². The van der Waals surface area contributed by atoms with Crippen LogP contribution in [0.5, 0.6) is 0 Å². The number of hydrogen-bond donors (Lipinski definition) is 1. The lowest BCUT2D eigenvalue weighted by Gasteiger charge is -2.30. The summed E-state index contributed by atoms with van der Waals surface area (Å²) in [6, 6.07) is 18.4. The number of benzene rings is 2. The zero-order valence-electron chi connectivity index (χ0n) is 16.9. The van der Waals surface area contributed by atoms with E-state index in [2.05, 4.69) is 55.3 Å². The lowest BCUT2D eigenvalue weighted by atomic mass is 9.94. The van der Waals surface area contributed by atoms with Gasteiger partial charge in [0.1, 0.15) is 0 Å². The lowest BCUT2D eigenvalue weighted by molar-refractivity contribution is 0.0913. The molecule has 144 valence electrons. The average Bonchev–Trinajstić information content (AvgIpc) is 2.62. The van der Waals surface area contributed by atoms with Gasteiger partial charge in [-0.25, -0.2) is 0 Å². The molecule has 0 unspecified atom stereocenters. The zero-order chi connectivity index (χ0) is 19.3. The standard InChI is InChI=1S/C24H32N2O/c1-19-8-7-15-26(17-19)18-21-11-13-22(14-12-21)23(27)25-24(2,3)16-20-9-5-4-6-10-20/h4-6,9-14,19H,7-8,15-18H2,1-3H3,(H,25,27)/t19-/m0/s1. The molecule has 1 amide bonds. The predicted octanol–water partition coefficient (Wildman–Crippen LogP) is 4.67. The number of rotatable bonds is 6. The smallest absolute Gasteiger partial charge is 0.251 e. The van der Waals surface area contributed by atoms with E-state index in [1.807, 2.05) is 30.3 Å². The van der Waals surface area contributed by atoms with Crippen LogP contribution in [0.2, 0.25) is 0 Å². The van der Waals surface area contributed by atoms with E-state index in [1.54, 1.807) is 0 Å². The second-order valence-corrected chi connectivity index (χ2v) is 8.68. The molecule has 0 saturated carbocycles. The van der Waals surface area contributed by atoms with Crippen molar-refractivity contribution in [3.8, 4) is 0 Å². The summed E-state index contributed by atoms with van der Waals surface area (Å²) < 4.78 is 0. The van der Waals surface area contributed by atoms with Crippen molar-refractivity contribution in [2.75, 3.05) is 13.1 Å². The quantitative estimate of drug-likeness (QED) is 0.808. The summed E-state index contributed by atoms with van der Waals surface area (Å²) in [6.45, 7) is 9.81. The normalized spacial score (nSPS) is 18.3. The van der Waals surface area contributed by atoms with E-state index in [-0.39, 0.29) is 11.4 Å². The summed E-state index contributed by atoms with van der Waals surface area (Å²) in [5.74, 6) is 0.782. The Morgan fingerprint density at radius 3 is 2.44 bits per heavy atom. The molecular weight excluding hydrogens is 332 g/mol. The third-order valence-electron chi connectivity index (χ3n) is 5.30. The van der Waals surface area contributed by atoms with Crippen LogP contribution in [0.1, 0.15) is 55.1 Å². The first-order valence-corrected chi connectivity index (χ1v) is 10.1. The second-order valence-electron chi connectivity index (χ2n) is 8.68. The Labute approximate surface area is 163 Å². The van der Waals surface area contributed by atoms with E-state index in [0.717, 1.165) is 24.4 Å². The SMILES string of the molecule is C[C@H]1CCCN(Cc2ccc(C(=O)NC(C)(C)Cc3ccccc3)cc2)C1. The molecule has 1 aliphatic heterocycles. The maximum absolute atomic E-state index is 12.7. The maximum atomic E-state index is 12.7. The van der Waals surface area contributed by atoms with E-state index in [1.165, 1.54) is 37.1 Å². The van der Waals surface area contributed by atoms with Gasteiger partial charge in [-0.15, -0.1) is 0 Å². The van der Waals surface area contributed by atoms with Crippen LogP contribution in [-0.4, -0.2) is 29.4 Å². The minimum atomic E-state index is -0.291. The molecule has 0 aliphatic carbocycles. The van der Waals surface area contributed by atoms with E-state index >= 15 is 0 Å². The van der Waals surface area contributed by atoms with Crippen molar-refractivity contribution in [2.24, 2.45) is 5.92 Å². The van der Waals surface area contributed by atoms with Gasteiger partial charge in [-0.3, -0.25) is 9.69 Å². The van der Waals surface area contributed by atoms with Crippen LogP contribution >= 0.6 is 0 Å². The van der Waals surface area contributed by atoms with E-state index in [4.69, 9.17) is 0 Å². The molecule has 1 heterocycles. The van der Waals surface area contributed by atoms with Gasteiger partial charge in [0.15, 0.2) is 0 Å². The third-order valence-corrected chi connectivity index (χ3v) is 5.30. The fourth-order valence-electron chi connectivity index (χ4n) is 3.98.